The number of nitrogens with zero attached hydrogens (tertiary/aromatic N) is 1. The van der Waals surface area contributed by atoms with Crippen LogP contribution >= 0.6 is 0 Å². The van der Waals surface area contributed by atoms with Gasteiger partial charge in [-0.05, 0) is 18.6 Å². The van der Waals surface area contributed by atoms with Crippen molar-refractivity contribution in [2.45, 2.75) is 34.7 Å². The molecule has 0 N–H and O–H groups in total. The predicted molar refractivity (Wildman–Crippen MR) is 78.5 cm³/mol. The third-order valence-electron chi connectivity index (χ3n) is 3.62. The number of ether oxygens (including phenoxy) is 1. The highest BCUT2D eigenvalue weighted by Crippen LogP contribution is 2.35. The molecule has 1 aromatic carbocycles. The van der Waals surface area contributed by atoms with Crippen molar-refractivity contribution in [2.75, 3.05) is 19.7 Å². The average Bonchev–Trinajstić information content (AvgIpc) is 2.54. The molecule has 0 bridgehead atoms. The summed E-state index contributed by atoms with van der Waals surface area (Å²) in [6.45, 7) is 1.77. The number of hydrogen-bond acceptors (Lipinski definition) is 5. The lowest BCUT2D eigenvalue weighted by molar-refractivity contribution is -0.0437. The van der Waals surface area contributed by atoms with Crippen LogP contribution in [0.4, 0.5) is 13.2 Å². The molecule has 1 aliphatic rings. The molecule has 1 saturated heterocycles. The van der Waals surface area contributed by atoms with Crippen LogP contribution in [0.5, 0.6) is 0 Å². The first-order valence-electron chi connectivity index (χ1n) is 7.04. The van der Waals surface area contributed by atoms with Gasteiger partial charge in [-0.2, -0.15) is 17.5 Å². The van der Waals surface area contributed by atoms with Gasteiger partial charge in [0.15, 0.2) is 0 Å². The van der Waals surface area contributed by atoms with Crippen LogP contribution in [0, 0.1) is 0 Å². The summed E-state index contributed by atoms with van der Waals surface area (Å²) < 4.78 is 93.5. The van der Waals surface area contributed by atoms with Gasteiger partial charge < -0.3 is 4.74 Å². The number of hydrogen-bond donors (Lipinski definition) is 0. The summed E-state index contributed by atoms with van der Waals surface area (Å²) in [6.07, 6.45) is 0.133. The zero-order valence-electron chi connectivity index (χ0n) is 12.7. The lowest BCUT2D eigenvalue weighted by Crippen LogP contribution is -2.45. The monoisotopic (exact) mass is 387 g/mol. The van der Waals surface area contributed by atoms with E-state index in [0.29, 0.717) is 12.5 Å². The molecule has 11 heteroatoms. The fourth-order valence-corrected chi connectivity index (χ4v) is 5.32. The number of morpholine rings is 1. The van der Waals surface area contributed by atoms with Crippen molar-refractivity contribution in [3.8, 4) is 0 Å². The van der Waals surface area contributed by atoms with Crippen LogP contribution in [-0.2, 0) is 24.6 Å². The minimum Gasteiger partial charge on any atom is -0.375 e. The van der Waals surface area contributed by atoms with E-state index in [1.807, 2.05) is 0 Å². The molecule has 6 nitrogen and oxygen atoms in total. The quantitative estimate of drug-likeness (QED) is 0.787. The molecule has 1 aromatic rings. The van der Waals surface area contributed by atoms with Crippen LogP contribution in [0.3, 0.4) is 0 Å². The van der Waals surface area contributed by atoms with Crippen molar-refractivity contribution in [2.24, 2.45) is 0 Å². The Morgan fingerprint density at radius 3 is 2.29 bits per heavy atom. The molecule has 0 radical (unpaired) electrons. The number of benzene rings is 1. The second kappa shape index (κ2) is 6.62. The van der Waals surface area contributed by atoms with Crippen LogP contribution in [0.25, 0.3) is 0 Å². The Kier molecular flexibility index (Phi) is 5.28. The summed E-state index contributed by atoms with van der Waals surface area (Å²) in [5.41, 5.74) is -5.59. The molecule has 1 fully saturated rings. The molecule has 1 heterocycles. The normalized spacial score (nSPS) is 20.9. The van der Waals surface area contributed by atoms with Crippen LogP contribution in [0.2, 0.25) is 0 Å². The molecule has 0 saturated carbocycles. The maximum absolute atomic E-state index is 12.8. The predicted octanol–water partition coefficient (Wildman–Crippen LogP) is 1.78. The van der Waals surface area contributed by atoms with Gasteiger partial charge >= 0.3 is 5.51 Å². The van der Waals surface area contributed by atoms with Crippen LogP contribution in [0.15, 0.2) is 34.1 Å². The molecular formula is C13H16F3NO5S2. The lowest BCUT2D eigenvalue weighted by Gasteiger charge is -2.32. The maximum Gasteiger partial charge on any atom is 0.501 e. The molecule has 0 spiro atoms. The van der Waals surface area contributed by atoms with Gasteiger partial charge in [0.05, 0.1) is 17.6 Å². The van der Waals surface area contributed by atoms with Gasteiger partial charge in [0.25, 0.3) is 9.84 Å². The summed E-state index contributed by atoms with van der Waals surface area (Å²) in [7, 11) is -10.2. The molecular weight excluding hydrogens is 371 g/mol. The van der Waals surface area contributed by atoms with E-state index in [-0.39, 0.29) is 25.8 Å². The minimum atomic E-state index is -5.79. The summed E-state index contributed by atoms with van der Waals surface area (Å²) in [5.74, 6) is 0. The Morgan fingerprint density at radius 1 is 1.17 bits per heavy atom. The van der Waals surface area contributed by atoms with E-state index < -0.39 is 35.2 Å². The van der Waals surface area contributed by atoms with Crippen molar-refractivity contribution in [1.29, 1.82) is 0 Å². The zero-order valence-corrected chi connectivity index (χ0v) is 14.3. The largest absolute Gasteiger partial charge is 0.501 e. The maximum atomic E-state index is 12.8. The molecule has 0 amide bonds. The number of sulfone groups is 1. The van der Waals surface area contributed by atoms with Gasteiger partial charge in [0.2, 0.25) is 10.0 Å². The van der Waals surface area contributed by atoms with E-state index in [1.165, 1.54) is 6.07 Å². The van der Waals surface area contributed by atoms with Gasteiger partial charge in [-0.1, -0.05) is 19.1 Å². The molecule has 1 aliphatic heterocycles. The Labute approximate surface area is 138 Å². The Balaban J connectivity index is 2.53. The smallest absolute Gasteiger partial charge is 0.375 e. The van der Waals surface area contributed by atoms with E-state index >= 15 is 0 Å². The second-order valence-corrected chi connectivity index (χ2v) is 8.98. The Bertz CT molecular complexity index is 805. The first-order chi connectivity index (χ1) is 11.0. The fraction of sp³-hybridized carbons (Fsp3) is 0.538. The summed E-state index contributed by atoms with van der Waals surface area (Å²) in [6, 6.07) is 3.74. The number of halogens is 3. The Hall–Kier alpha value is -1.17. The van der Waals surface area contributed by atoms with Gasteiger partial charge in [-0.3, -0.25) is 0 Å². The van der Waals surface area contributed by atoms with E-state index in [4.69, 9.17) is 4.74 Å². The molecule has 0 aromatic heterocycles. The van der Waals surface area contributed by atoms with E-state index in [0.717, 1.165) is 16.4 Å². The van der Waals surface area contributed by atoms with Crippen molar-refractivity contribution in [3.05, 3.63) is 24.3 Å². The third kappa shape index (κ3) is 3.44. The molecule has 2 rings (SSSR count). The zero-order chi connectivity index (χ0) is 18.2. The van der Waals surface area contributed by atoms with Crippen LogP contribution < -0.4 is 0 Å². The first-order valence-corrected chi connectivity index (χ1v) is 9.96. The highest BCUT2D eigenvalue weighted by Gasteiger charge is 2.49. The van der Waals surface area contributed by atoms with Crippen molar-refractivity contribution in [3.63, 3.8) is 0 Å². The summed E-state index contributed by atoms with van der Waals surface area (Å²) in [5, 5.41) is 0. The molecule has 24 heavy (non-hydrogen) atoms. The standard InChI is InChI=1S/C13H16F3NO5S2/c1-2-10-9-17(7-8-22-10)24(20,21)12-6-4-3-5-11(12)23(18,19)13(14,15)16/h3-6,10H,2,7-9H2,1H3/t10-/m0/s1. The molecule has 0 unspecified atom stereocenters. The van der Waals surface area contributed by atoms with E-state index in [9.17, 15) is 30.0 Å². The molecule has 1 atom stereocenters. The molecule has 136 valence electrons. The third-order valence-corrected chi connectivity index (χ3v) is 7.22. The van der Waals surface area contributed by atoms with Crippen molar-refractivity contribution in [1.82, 2.24) is 4.31 Å². The summed E-state index contributed by atoms with van der Waals surface area (Å²) in [4.78, 5) is -2.14. The average molecular weight is 387 g/mol. The van der Waals surface area contributed by atoms with Gasteiger partial charge in [-0.25, -0.2) is 16.8 Å². The number of sulfonamides is 1. The minimum absolute atomic E-state index is 0.0424. The van der Waals surface area contributed by atoms with E-state index in [2.05, 4.69) is 0 Å². The van der Waals surface area contributed by atoms with Gasteiger partial charge in [0, 0.05) is 13.1 Å². The van der Waals surface area contributed by atoms with Crippen molar-refractivity contribution < 1.29 is 34.7 Å². The van der Waals surface area contributed by atoms with Crippen molar-refractivity contribution >= 4 is 19.9 Å². The van der Waals surface area contributed by atoms with Gasteiger partial charge in [-0.15, -0.1) is 0 Å². The fourth-order valence-electron chi connectivity index (χ4n) is 2.31. The summed E-state index contributed by atoms with van der Waals surface area (Å²) >= 11 is 0. The lowest BCUT2D eigenvalue weighted by atomic mass is 10.2. The number of rotatable bonds is 4. The van der Waals surface area contributed by atoms with Crippen LogP contribution in [-0.4, -0.2) is 52.4 Å². The highest BCUT2D eigenvalue weighted by molar-refractivity contribution is 7.94. The van der Waals surface area contributed by atoms with Gasteiger partial charge in [0.1, 0.15) is 4.90 Å². The van der Waals surface area contributed by atoms with E-state index in [1.54, 1.807) is 6.92 Å². The second-order valence-electron chi connectivity index (χ2n) is 5.16. The first kappa shape index (κ1) is 19.2. The highest BCUT2D eigenvalue weighted by atomic mass is 32.2. The number of alkyl halides is 3. The van der Waals surface area contributed by atoms with Crippen LogP contribution in [0.1, 0.15) is 13.3 Å². The topological polar surface area (TPSA) is 80.8 Å². The molecule has 0 aliphatic carbocycles. The Morgan fingerprint density at radius 2 is 1.75 bits per heavy atom. The SMILES string of the molecule is CC[C@H]1CN(S(=O)(=O)c2ccccc2S(=O)(=O)C(F)(F)F)CCO1.